The third kappa shape index (κ3) is 1.26. The van der Waals surface area contributed by atoms with Crippen LogP contribution < -0.4 is 0 Å². The number of carbonyl (C=O) groups is 1. The first-order valence-corrected chi connectivity index (χ1v) is 3.52. The van der Waals surface area contributed by atoms with Crippen LogP contribution >= 0.6 is 0 Å². The highest BCUT2D eigenvalue weighted by Crippen LogP contribution is 2.54. The predicted molar refractivity (Wildman–Crippen MR) is 33.0 cm³/mol. The molecule has 0 heterocycles. The van der Waals surface area contributed by atoms with Gasteiger partial charge in [0.2, 0.25) is 0 Å². The third-order valence-corrected chi connectivity index (χ3v) is 2.39. The zero-order valence-corrected chi connectivity index (χ0v) is 5.95. The maximum atomic E-state index is 12.2. The topological polar surface area (TPSA) is 17.1 Å². The molecule has 4 heteroatoms. The minimum Gasteiger partial charge on any atom is -0.303 e. The molecule has 0 bridgehead atoms. The zero-order chi connectivity index (χ0) is 8.54. The Morgan fingerprint density at radius 2 is 1.91 bits per heavy atom. The Labute approximate surface area is 62.6 Å². The van der Waals surface area contributed by atoms with E-state index in [1.165, 1.54) is 0 Å². The van der Waals surface area contributed by atoms with Crippen molar-refractivity contribution in [2.24, 2.45) is 5.41 Å². The molecule has 0 amide bonds. The van der Waals surface area contributed by atoms with E-state index in [2.05, 4.69) is 0 Å². The molecule has 11 heavy (non-hydrogen) atoms. The van der Waals surface area contributed by atoms with Crippen molar-refractivity contribution in [2.45, 2.75) is 31.9 Å². The Morgan fingerprint density at radius 1 is 1.36 bits per heavy atom. The van der Waals surface area contributed by atoms with E-state index >= 15 is 0 Å². The van der Waals surface area contributed by atoms with E-state index in [0.717, 1.165) is 0 Å². The molecular formula is C7H9F3O. The van der Waals surface area contributed by atoms with E-state index in [9.17, 15) is 18.0 Å². The van der Waals surface area contributed by atoms with Crippen LogP contribution in [0.1, 0.15) is 25.7 Å². The van der Waals surface area contributed by atoms with Crippen molar-refractivity contribution in [3.05, 3.63) is 0 Å². The van der Waals surface area contributed by atoms with Crippen molar-refractivity contribution < 1.29 is 18.0 Å². The summed E-state index contributed by atoms with van der Waals surface area (Å²) in [6, 6.07) is 0. The predicted octanol–water partition coefficient (Wildman–Crippen LogP) is 2.31. The Morgan fingerprint density at radius 3 is 2.00 bits per heavy atom. The van der Waals surface area contributed by atoms with Crippen LogP contribution in [0.25, 0.3) is 0 Å². The summed E-state index contributed by atoms with van der Waals surface area (Å²) in [4.78, 5) is 9.96. The number of aldehydes is 1. The van der Waals surface area contributed by atoms with E-state index in [1.807, 2.05) is 0 Å². The van der Waals surface area contributed by atoms with Crippen molar-refractivity contribution in [1.82, 2.24) is 0 Å². The molecule has 1 aliphatic carbocycles. The van der Waals surface area contributed by atoms with E-state index in [0.29, 0.717) is 12.7 Å². The zero-order valence-electron chi connectivity index (χ0n) is 5.95. The molecule has 64 valence electrons. The lowest BCUT2D eigenvalue weighted by atomic mass is 9.66. The van der Waals surface area contributed by atoms with Crippen molar-refractivity contribution in [3.8, 4) is 0 Å². The fourth-order valence-electron chi connectivity index (χ4n) is 1.37. The second kappa shape index (κ2) is 2.50. The highest BCUT2D eigenvalue weighted by atomic mass is 19.4. The maximum Gasteiger partial charge on any atom is 0.394 e. The second-order valence-corrected chi connectivity index (χ2v) is 3.00. The van der Waals surface area contributed by atoms with Crippen LogP contribution in [0, 0.1) is 5.41 Å². The standard InChI is InChI=1S/C7H9F3O/c8-7(9,10)6(4-5-11)2-1-3-6/h5H,1-4H2. The average Bonchev–Trinajstić information content (AvgIpc) is 1.75. The van der Waals surface area contributed by atoms with Crippen molar-refractivity contribution >= 4 is 6.29 Å². The van der Waals surface area contributed by atoms with Crippen molar-refractivity contribution in [2.75, 3.05) is 0 Å². The molecule has 0 spiro atoms. The highest BCUT2D eigenvalue weighted by molar-refractivity contribution is 5.51. The number of carbonyl (C=O) groups excluding carboxylic acids is 1. The summed E-state index contributed by atoms with van der Waals surface area (Å²) >= 11 is 0. The van der Waals surface area contributed by atoms with Crippen LogP contribution in [0.4, 0.5) is 13.2 Å². The largest absolute Gasteiger partial charge is 0.394 e. The quantitative estimate of drug-likeness (QED) is 0.575. The lowest BCUT2D eigenvalue weighted by Crippen LogP contribution is -2.44. The molecule has 0 atom stereocenters. The summed E-state index contributed by atoms with van der Waals surface area (Å²) in [6.45, 7) is 0. The Bertz CT molecular complexity index is 158. The first-order chi connectivity index (χ1) is 5.02. The van der Waals surface area contributed by atoms with Crippen LogP contribution in [0.5, 0.6) is 0 Å². The SMILES string of the molecule is O=CCC1(C(F)(F)F)CCC1. The van der Waals surface area contributed by atoms with Crippen LogP contribution in [0.3, 0.4) is 0 Å². The summed E-state index contributed by atoms with van der Waals surface area (Å²) in [7, 11) is 0. The number of hydrogen-bond acceptors (Lipinski definition) is 1. The van der Waals surface area contributed by atoms with Gasteiger partial charge in [-0.1, -0.05) is 6.42 Å². The van der Waals surface area contributed by atoms with Crippen LogP contribution in [0.15, 0.2) is 0 Å². The van der Waals surface area contributed by atoms with Gasteiger partial charge >= 0.3 is 6.18 Å². The smallest absolute Gasteiger partial charge is 0.303 e. The Hall–Kier alpha value is -0.540. The maximum absolute atomic E-state index is 12.2. The average molecular weight is 166 g/mol. The molecule has 1 fully saturated rings. The van der Waals surface area contributed by atoms with Gasteiger partial charge in [-0.25, -0.2) is 0 Å². The van der Waals surface area contributed by atoms with Gasteiger partial charge in [0.05, 0.1) is 5.41 Å². The first-order valence-electron chi connectivity index (χ1n) is 3.52. The summed E-state index contributed by atoms with van der Waals surface area (Å²) in [6.07, 6.45) is -3.35. The van der Waals surface area contributed by atoms with Crippen LogP contribution in [-0.2, 0) is 4.79 Å². The molecule has 0 aromatic carbocycles. The number of alkyl halides is 3. The Kier molecular flexibility index (Phi) is 1.94. The van der Waals surface area contributed by atoms with Crippen LogP contribution in [0.2, 0.25) is 0 Å². The molecule has 0 aliphatic heterocycles. The molecule has 1 rings (SSSR count). The molecule has 0 aromatic rings. The fraction of sp³-hybridized carbons (Fsp3) is 0.857. The number of halogens is 3. The van der Waals surface area contributed by atoms with Crippen molar-refractivity contribution in [1.29, 1.82) is 0 Å². The summed E-state index contributed by atoms with van der Waals surface area (Å²) in [5.41, 5.74) is -1.66. The number of rotatable bonds is 2. The molecule has 1 saturated carbocycles. The molecule has 1 aliphatic rings. The minimum absolute atomic E-state index is 0.120. The Balaban J connectivity index is 2.67. The van der Waals surface area contributed by atoms with Gasteiger partial charge < -0.3 is 4.79 Å². The molecule has 0 unspecified atom stereocenters. The van der Waals surface area contributed by atoms with Gasteiger partial charge in [-0.3, -0.25) is 0 Å². The third-order valence-electron chi connectivity index (χ3n) is 2.39. The summed E-state index contributed by atoms with van der Waals surface area (Å²) < 4.78 is 36.6. The monoisotopic (exact) mass is 166 g/mol. The van der Waals surface area contributed by atoms with E-state index in [-0.39, 0.29) is 19.3 Å². The van der Waals surface area contributed by atoms with Gasteiger partial charge in [0.25, 0.3) is 0 Å². The van der Waals surface area contributed by atoms with Gasteiger partial charge in [0.15, 0.2) is 0 Å². The van der Waals surface area contributed by atoms with Gasteiger partial charge in [-0.15, -0.1) is 0 Å². The first kappa shape index (κ1) is 8.56. The van der Waals surface area contributed by atoms with Gasteiger partial charge in [0, 0.05) is 6.42 Å². The molecule has 0 saturated heterocycles. The number of hydrogen-bond donors (Lipinski definition) is 0. The fourth-order valence-corrected chi connectivity index (χ4v) is 1.37. The van der Waals surface area contributed by atoms with E-state index in [1.54, 1.807) is 0 Å². The highest BCUT2D eigenvalue weighted by Gasteiger charge is 2.57. The lowest BCUT2D eigenvalue weighted by molar-refractivity contribution is -0.250. The van der Waals surface area contributed by atoms with Crippen molar-refractivity contribution in [3.63, 3.8) is 0 Å². The van der Waals surface area contributed by atoms with Gasteiger partial charge in [0.1, 0.15) is 6.29 Å². The molecule has 0 N–H and O–H groups in total. The normalized spacial score (nSPS) is 22.5. The summed E-state index contributed by atoms with van der Waals surface area (Å²) in [5.74, 6) is 0. The van der Waals surface area contributed by atoms with E-state index in [4.69, 9.17) is 0 Å². The van der Waals surface area contributed by atoms with E-state index < -0.39 is 11.6 Å². The summed E-state index contributed by atoms with van der Waals surface area (Å²) in [5, 5.41) is 0. The van der Waals surface area contributed by atoms with Gasteiger partial charge in [-0.2, -0.15) is 13.2 Å². The molecular weight excluding hydrogens is 157 g/mol. The lowest BCUT2D eigenvalue weighted by Gasteiger charge is -2.41. The molecule has 0 radical (unpaired) electrons. The molecule has 1 nitrogen and oxygen atoms in total. The molecule has 0 aromatic heterocycles. The van der Waals surface area contributed by atoms with Gasteiger partial charge in [-0.05, 0) is 12.8 Å². The minimum atomic E-state index is -4.19. The second-order valence-electron chi connectivity index (χ2n) is 3.00. The van der Waals surface area contributed by atoms with Crippen LogP contribution in [-0.4, -0.2) is 12.5 Å².